The summed E-state index contributed by atoms with van der Waals surface area (Å²) in [5.41, 5.74) is 2.23. The third-order valence-corrected chi connectivity index (χ3v) is 12.0. The van der Waals surface area contributed by atoms with Crippen molar-refractivity contribution in [2.24, 2.45) is 40.4 Å². The molecule has 4 aliphatic carbocycles. The number of hydrogen-bond donors (Lipinski definition) is 1. The lowest BCUT2D eigenvalue weighted by atomic mass is 9.44. The van der Waals surface area contributed by atoms with Gasteiger partial charge in [0.1, 0.15) is 5.82 Å². The van der Waals surface area contributed by atoms with Crippen molar-refractivity contribution in [3.8, 4) is 0 Å². The normalized spacial score (nSPS) is 42.2. The number of halogens is 1. The van der Waals surface area contributed by atoms with Crippen LogP contribution in [-0.2, 0) is 11.2 Å². The molecule has 1 aromatic carbocycles. The Morgan fingerprint density at radius 1 is 1.09 bits per heavy atom. The Morgan fingerprint density at radius 3 is 2.77 bits per heavy atom. The van der Waals surface area contributed by atoms with Crippen LogP contribution in [0.15, 0.2) is 18.2 Å². The van der Waals surface area contributed by atoms with Crippen LogP contribution in [0.2, 0.25) is 0 Å². The van der Waals surface area contributed by atoms with Gasteiger partial charge in [-0.25, -0.2) is 4.39 Å². The van der Waals surface area contributed by atoms with Gasteiger partial charge in [0.05, 0.1) is 6.10 Å². The number of hydrogen-bond acceptors (Lipinski definition) is 2. The number of aliphatic hydroxyl groups is 1. The van der Waals surface area contributed by atoms with Crippen molar-refractivity contribution in [3.05, 3.63) is 29.6 Å². The Morgan fingerprint density at radius 2 is 1.91 bits per heavy atom. The molecule has 192 valence electrons. The summed E-state index contributed by atoms with van der Waals surface area (Å²) in [6, 6.07) is 5.10. The van der Waals surface area contributed by atoms with E-state index >= 15 is 0 Å². The van der Waals surface area contributed by atoms with E-state index in [1.165, 1.54) is 57.4 Å². The fraction of sp³-hybridized carbons (Fsp3) is 0.774. The molecule has 8 atom stereocenters. The lowest BCUT2D eigenvalue weighted by Crippen LogP contribution is -2.57. The molecule has 1 amide bonds. The molecule has 0 aromatic heterocycles. The molecule has 4 fully saturated rings. The lowest BCUT2D eigenvalue weighted by molar-refractivity contribution is -0.162. The Kier molecular flexibility index (Phi) is 6.06. The number of carbonyl (C=O) groups excluding carboxylic acids is 1. The predicted octanol–water partition coefficient (Wildman–Crippen LogP) is 6.90. The van der Waals surface area contributed by atoms with Crippen LogP contribution in [0.25, 0.3) is 0 Å². The van der Waals surface area contributed by atoms with Gasteiger partial charge in [-0.2, -0.15) is 0 Å². The summed E-state index contributed by atoms with van der Waals surface area (Å²) in [5.74, 6) is 3.18. The highest BCUT2D eigenvalue weighted by Crippen LogP contribution is 2.67. The van der Waals surface area contributed by atoms with Crippen LogP contribution < -0.4 is 4.90 Å². The van der Waals surface area contributed by atoms with Crippen molar-refractivity contribution in [2.45, 2.75) is 103 Å². The summed E-state index contributed by atoms with van der Waals surface area (Å²) >= 11 is 0. The Hall–Kier alpha value is -1.42. The van der Waals surface area contributed by atoms with Crippen molar-refractivity contribution in [1.29, 1.82) is 0 Å². The van der Waals surface area contributed by atoms with Gasteiger partial charge in [0.2, 0.25) is 5.91 Å². The highest BCUT2D eigenvalue weighted by molar-refractivity contribution is 5.95. The SMILES string of the molecule is CC12CCC3C(C(O)CC4CCCCC43C)C1CCC2CCCC(=O)N1CCc2c(F)cccc21. The summed E-state index contributed by atoms with van der Waals surface area (Å²) in [6.45, 7) is 5.71. The van der Waals surface area contributed by atoms with Crippen molar-refractivity contribution in [3.63, 3.8) is 0 Å². The van der Waals surface area contributed by atoms with Crippen molar-refractivity contribution in [2.75, 3.05) is 11.4 Å². The zero-order valence-corrected chi connectivity index (χ0v) is 21.8. The first-order chi connectivity index (χ1) is 16.8. The van der Waals surface area contributed by atoms with Gasteiger partial charge in [-0.3, -0.25) is 4.79 Å². The fourth-order valence-corrected chi connectivity index (χ4v) is 10.1. The Balaban J connectivity index is 1.10. The minimum absolute atomic E-state index is 0.114. The minimum Gasteiger partial charge on any atom is -0.393 e. The van der Waals surface area contributed by atoms with E-state index in [4.69, 9.17) is 0 Å². The van der Waals surface area contributed by atoms with Gasteiger partial charge in [-0.15, -0.1) is 0 Å². The molecule has 0 spiro atoms. The van der Waals surface area contributed by atoms with Crippen molar-refractivity contribution >= 4 is 11.6 Å². The van der Waals surface area contributed by atoms with E-state index in [-0.39, 0.29) is 17.8 Å². The maximum Gasteiger partial charge on any atom is 0.226 e. The second-order valence-electron chi connectivity index (χ2n) is 13.3. The summed E-state index contributed by atoms with van der Waals surface area (Å²) in [4.78, 5) is 14.8. The predicted molar refractivity (Wildman–Crippen MR) is 138 cm³/mol. The third-order valence-electron chi connectivity index (χ3n) is 12.0. The molecule has 1 aliphatic heterocycles. The largest absolute Gasteiger partial charge is 0.393 e. The molecule has 3 nitrogen and oxygen atoms in total. The number of carbonyl (C=O) groups is 1. The van der Waals surface area contributed by atoms with E-state index in [0.717, 1.165) is 30.9 Å². The monoisotopic (exact) mass is 481 g/mol. The lowest BCUT2D eigenvalue weighted by Gasteiger charge is -2.62. The quantitative estimate of drug-likeness (QED) is 0.508. The van der Waals surface area contributed by atoms with Crippen molar-refractivity contribution < 1.29 is 14.3 Å². The first-order valence-corrected chi connectivity index (χ1v) is 14.6. The topological polar surface area (TPSA) is 40.5 Å². The van der Waals surface area contributed by atoms with Gasteiger partial charge in [0.15, 0.2) is 0 Å². The van der Waals surface area contributed by atoms with Crippen LogP contribution in [0.5, 0.6) is 0 Å². The van der Waals surface area contributed by atoms with Gasteiger partial charge in [-0.05, 0) is 117 Å². The second-order valence-corrected chi connectivity index (χ2v) is 13.3. The first-order valence-electron chi connectivity index (χ1n) is 14.6. The molecule has 0 saturated heterocycles. The average Bonchev–Trinajstić information content (AvgIpc) is 3.42. The molecule has 1 aromatic rings. The summed E-state index contributed by atoms with van der Waals surface area (Å²) in [6.07, 6.45) is 14.6. The minimum atomic E-state index is -0.184. The molecule has 4 saturated carbocycles. The first kappa shape index (κ1) is 23.9. The molecule has 8 unspecified atom stereocenters. The van der Waals surface area contributed by atoms with E-state index in [2.05, 4.69) is 13.8 Å². The zero-order valence-electron chi connectivity index (χ0n) is 21.8. The summed E-state index contributed by atoms with van der Waals surface area (Å²) in [7, 11) is 0. The third kappa shape index (κ3) is 3.71. The molecule has 0 bridgehead atoms. The average molecular weight is 482 g/mol. The number of anilines is 1. The molecular formula is C31H44FNO2. The van der Waals surface area contributed by atoms with E-state index in [1.54, 1.807) is 6.07 Å². The molecule has 0 radical (unpaired) electrons. The zero-order chi connectivity index (χ0) is 24.4. The van der Waals surface area contributed by atoms with Crippen LogP contribution in [0.1, 0.15) is 96.5 Å². The number of rotatable bonds is 4. The Labute approximate surface area is 210 Å². The molecule has 1 heterocycles. The van der Waals surface area contributed by atoms with Crippen LogP contribution in [0.4, 0.5) is 10.1 Å². The van der Waals surface area contributed by atoms with Gasteiger partial charge in [0, 0.05) is 24.2 Å². The van der Waals surface area contributed by atoms with E-state index in [9.17, 15) is 14.3 Å². The van der Waals surface area contributed by atoms with Gasteiger partial charge in [-0.1, -0.05) is 32.8 Å². The molecule has 5 aliphatic rings. The molecule has 1 N–H and O–H groups in total. The van der Waals surface area contributed by atoms with E-state index in [0.29, 0.717) is 59.5 Å². The van der Waals surface area contributed by atoms with Gasteiger partial charge < -0.3 is 10.0 Å². The van der Waals surface area contributed by atoms with Gasteiger partial charge >= 0.3 is 0 Å². The van der Waals surface area contributed by atoms with Gasteiger partial charge in [0.25, 0.3) is 0 Å². The number of fused-ring (bicyclic) bond motifs is 6. The second kappa shape index (κ2) is 8.85. The van der Waals surface area contributed by atoms with Crippen molar-refractivity contribution in [1.82, 2.24) is 0 Å². The van der Waals surface area contributed by atoms with E-state index in [1.807, 2.05) is 11.0 Å². The smallest absolute Gasteiger partial charge is 0.226 e. The number of amides is 1. The summed E-state index contributed by atoms with van der Waals surface area (Å²) < 4.78 is 14.1. The number of aliphatic hydroxyl groups excluding tert-OH is 1. The molecule has 6 rings (SSSR count). The van der Waals surface area contributed by atoms with Crippen LogP contribution in [0.3, 0.4) is 0 Å². The highest BCUT2D eigenvalue weighted by atomic mass is 19.1. The standard InChI is InChI=1S/C31H44FNO2/c1-30-16-4-3-7-21(30)19-27(34)29-23-13-12-20(31(23,2)17-14-24(29)30)8-5-11-28(35)33-18-15-22-25(32)9-6-10-26(22)33/h6,9-10,20-21,23-24,27,29,34H,3-5,7-8,11-19H2,1-2H3. The maximum atomic E-state index is 14.1. The number of benzene rings is 1. The van der Waals surface area contributed by atoms with Crippen LogP contribution >= 0.6 is 0 Å². The van der Waals surface area contributed by atoms with Crippen LogP contribution in [-0.4, -0.2) is 23.7 Å². The molecule has 35 heavy (non-hydrogen) atoms. The summed E-state index contributed by atoms with van der Waals surface area (Å²) in [5, 5.41) is 11.4. The molecule has 4 heteroatoms. The molecular weight excluding hydrogens is 437 g/mol. The highest BCUT2D eigenvalue weighted by Gasteiger charge is 2.61. The maximum absolute atomic E-state index is 14.1. The number of nitrogens with zero attached hydrogens (tertiary/aromatic N) is 1. The Bertz CT molecular complexity index is 979. The van der Waals surface area contributed by atoms with E-state index < -0.39 is 0 Å². The fourth-order valence-electron chi connectivity index (χ4n) is 10.1. The van der Waals surface area contributed by atoms with Crippen LogP contribution in [0, 0.1) is 46.2 Å².